The van der Waals surface area contributed by atoms with Crippen LogP contribution >= 0.6 is 11.3 Å². The number of carbonyl (C=O) groups is 1. The van der Waals surface area contributed by atoms with Crippen LogP contribution in [0.2, 0.25) is 0 Å². The fraction of sp³-hybridized carbons (Fsp3) is 0.545. The number of aliphatic hydroxyl groups is 1. The van der Waals surface area contributed by atoms with Crippen molar-refractivity contribution in [1.29, 1.82) is 0 Å². The Morgan fingerprint density at radius 3 is 2.95 bits per heavy atom. The molecule has 19 heavy (non-hydrogen) atoms. The Morgan fingerprint density at radius 1 is 1.63 bits per heavy atom. The molecule has 8 heteroatoms. The van der Waals surface area contributed by atoms with Crippen LogP contribution in [0.25, 0.3) is 0 Å². The van der Waals surface area contributed by atoms with Crippen LogP contribution < -0.4 is 0 Å². The van der Waals surface area contributed by atoms with Gasteiger partial charge in [0.25, 0.3) is 5.91 Å². The van der Waals surface area contributed by atoms with E-state index in [1.54, 1.807) is 4.90 Å². The van der Waals surface area contributed by atoms with Gasteiger partial charge in [-0.05, 0) is 13.0 Å². The maximum Gasteiger partial charge on any atom is 0.324 e. The molecule has 2 unspecified atom stereocenters. The normalized spacial score (nSPS) is 23.4. The second-order valence-electron chi connectivity index (χ2n) is 4.36. The molecule has 1 N–H and O–H groups in total. The number of hydrogen-bond acceptors (Lipinski definition) is 6. The summed E-state index contributed by atoms with van der Waals surface area (Å²) >= 11 is 0.859. The summed E-state index contributed by atoms with van der Waals surface area (Å²) in [6.45, 7) is 2.38. The van der Waals surface area contributed by atoms with Gasteiger partial charge in [0.2, 0.25) is 0 Å². The van der Waals surface area contributed by atoms with Crippen molar-refractivity contribution in [2.75, 3.05) is 19.7 Å². The van der Waals surface area contributed by atoms with Crippen LogP contribution in [-0.4, -0.2) is 52.7 Å². The number of rotatable bonds is 3. The molecule has 7 nitrogen and oxygen atoms in total. The van der Waals surface area contributed by atoms with E-state index >= 15 is 0 Å². The van der Waals surface area contributed by atoms with Crippen molar-refractivity contribution < 1.29 is 19.6 Å². The number of nitrogens with zero attached hydrogens (tertiary/aromatic N) is 2. The van der Waals surface area contributed by atoms with E-state index in [-0.39, 0.29) is 23.6 Å². The number of nitro groups is 1. The number of aliphatic hydroxyl groups excluding tert-OH is 1. The van der Waals surface area contributed by atoms with E-state index in [0.717, 1.165) is 11.3 Å². The van der Waals surface area contributed by atoms with Crippen molar-refractivity contribution in [2.45, 2.75) is 19.1 Å². The maximum atomic E-state index is 12.2. The first-order chi connectivity index (χ1) is 9.01. The highest BCUT2D eigenvalue weighted by atomic mass is 32.1. The summed E-state index contributed by atoms with van der Waals surface area (Å²) in [7, 11) is 0. The Morgan fingerprint density at radius 2 is 2.37 bits per heavy atom. The van der Waals surface area contributed by atoms with E-state index < -0.39 is 11.0 Å². The van der Waals surface area contributed by atoms with Crippen LogP contribution in [0.1, 0.15) is 16.6 Å². The van der Waals surface area contributed by atoms with Crippen molar-refractivity contribution in [2.24, 2.45) is 0 Å². The molecule has 0 aliphatic carbocycles. The largest absolute Gasteiger partial charge is 0.394 e. The van der Waals surface area contributed by atoms with Crippen LogP contribution in [0.3, 0.4) is 0 Å². The van der Waals surface area contributed by atoms with Crippen molar-refractivity contribution in [3.63, 3.8) is 0 Å². The van der Waals surface area contributed by atoms with Gasteiger partial charge in [-0.1, -0.05) is 11.3 Å². The molecule has 1 aliphatic rings. The highest BCUT2D eigenvalue weighted by Gasteiger charge is 2.29. The minimum absolute atomic E-state index is 0.0524. The van der Waals surface area contributed by atoms with Crippen LogP contribution in [-0.2, 0) is 4.74 Å². The van der Waals surface area contributed by atoms with E-state index in [1.165, 1.54) is 12.1 Å². The Hall–Kier alpha value is -1.51. The third kappa shape index (κ3) is 3.09. The van der Waals surface area contributed by atoms with Gasteiger partial charge in [-0.3, -0.25) is 14.9 Å². The third-order valence-corrected chi connectivity index (χ3v) is 3.82. The molecule has 1 aromatic heterocycles. The standard InChI is InChI=1S/C11H14N2O5S/c1-7-4-12(5-8(6-14)18-7)11(15)9-2-3-10(19-9)13(16)17/h2-3,7-8,14H,4-6H2,1H3. The predicted octanol–water partition coefficient (Wildman–Crippen LogP) is 0.878. The molecule has 0 aromatic carbocycles. The fourth-order valence-corrected chi connectivity index (χ4v) is 2.80. The van der Waals surface area contributed by atoms with Crippen LogP contribution in [0.5, 0.6) is 0 Å². The zero-order chi connectivity index (χ0) is 14.0. The van der Waals surface area contributed by atoms with E-state index in [2.05, 4.69) is 0 Å². The average Bonchev–Trinajstić information content (AvgIpc) is 2.86. The maximum absolute atomic E-state index is 12.2. The molecule has 0 saturated carbocycles. The molecule has 1 aromatic rings. The van der Waals surface area contributed by atoms with Gasteiger partial charge in [0.05, 0.1) is 28.6 Å². The van der Waals surface area contributed by atoms with Gasteiger partial charge in [-0.25, -0.2) is 0 Å². The molecule has 0 spiro atoms. The Labute approximate surface area is 113 Å². The fourth-order valence-electron chi connectivity index (χ4n) is 2.01. The summed E-state index contributed by atoms with van der Waals surface area (Å²) in [5, 5.41) is 19.7. The zero-order valence-corrected chi connectivity index (χ0v) is 11.1. The predicted molar refractivity (Wildman–Crippen MR) is 68.3 cm³/mol. The molecule has 2 heterocycles. The first-order valence-corrected chi connectivity index (χ1v) is 6.62. The second kappa shape index (κ2) is 5.64. The smallest absolute Gasteiger partial charge is 0.324 e. The lowest BCUT2D eigenvalue weighted by Crippen LogP contribution is -2.50. The molecular weight excluding hydrogens is 272 g/mol. The highest BCUT2D eigenvalue weighted by Crippen LogP contribution is 2.26. The summed E-state index contributed by atoms with van der Waals surface area (Å²) in [6, 6.07) is 2.78. The lowest BCUT2D eigenvalue weighted by molar-refractivity contribution is -0.380. The number of carbonyl (C=O) groups excluding carboxylic acids is 1. The number of hydrogen-bond donors (Lipinski definition) is 1. The van der Waals surface area contributed by atoms with Gasteiger partial charge in [0, 0.05) is 19.2 Å². The van der Waals surface area contributed by atoms with Crippen molar-refractivity contribution in [3.05, 3.63) is 27.1 Å². The van der Waals surface area contributed by atoms with Gasteiger partial charge >= 0.3 is 5.00 Å². The van der Waals surface area contributed by atoms with Gasteiger partial charge in [-0.15, -0.1) is 0 Å². The summed E-state index contributed by atoms with van der Waals surface area (Å²) in [6.07, 6.45) is -0.563. The number of morpholine rings is 1. The molecule has 1 amide bonds. The van der Waals surface area contributed by atoms with E-state index in [4.69, 9.17) is 9.84 Å². The van der Waals surface area contributed by atoms with Gasteiger partial charge in [0.1, 0.15) is 0 Å². The van der Waals surface area contributed by atoms with E-state index in [9.17, 15) is 14.9 Å². The monoisotopic (exact) mass is 286 g/mol. The molecule has 1 saturated heterocycles. The molecule has 0 bridgehead atoms. The third-order valence-electron chi connectivity index (χ3n) is 2.80. The minimum Gasteiger partial charge on any atom is -0.394 e. The van der Waals surface area contributed by atoms with Gasteiger partial charge in [-0.2, -0.15) is 0 Å². The summed E-state index contributed by atoms with van der Waals surface area (Å²) in [5.41, 5.74) is 0. The average molecular weight is 286 g/mol. The van der Waals surface area contributed by atoms with E-state index in [0.29, 0.717) is 18.0 Å². The molecule has 0 radical (unpaired) electrons. The molecule has 2 atom stereocenters. The Bertz CT molecular complexity index is 489. The van der Waals surface area contributed by atoms with Gasteiger partial charge in [0.15, 0.2) is 0 Å². The van der Waals surface area contributed by atoms with Crippen LogP contribution in [0.15, 0.2) is 12.1 Å². The molecular formula is C11H14N2O5S. The van der Waals surface area contributed by atoms with Crippen molar-refractivity contribution in [1.82, 2.24) is 4.90 Å². The topological polar surface area (TPSA) is 92.9 Å². The van der Waals surface area contributed by atoms with E-state index in [1.807, 2.05) is 6.92 Å². The zero-order valence-electron chi connectivity index (χ0n) is 10.3. The molecule has 1 fully saturated rings. The van der Waals surface area contributed by atoms with Crippen molar-refractivity contribution in [3.8, 4) is 0 Å². The summed E-state index contributed by atoms with van der Waals surface area (Å²) < 4.78 is 5.45. The number of ether oxygens (including phenoxy) is 1. The Balaban J connectivity index is 2.11. The summed E-state index contributed by atoms with van der Waals surface area (Å²) in [5.74, 6) is -0.258. The first kappa shape index (κ1) is 13.9. The first-order valence-electron chi connectivity index (χ1n) is 5.81. The van der Waals surface area contributed by atoms with Crippen molar-refractivity contribution >= 4 is 22.2 Å². The van der Waals surface area contributed by atoms with Gasteiger partial charge < -0.3 is 14.7 Å². The number of thiophene rings is 1. The molecule has 104 valence electrons. The molecule has 2 rings (SSSR count). The minimum atomic E-state index is -0.514. The van der Waals surface area contributed by atoms with Crippen LogP contribution in [0, 0.1) is 10.1 Å². The number of amides is 1. The van der Waals surface area contributed by atoms with Crippen LogP contribution in [0.4, 0.5) is 5.00 Å². The summed E-state index contributed by atoms with van der Waals surface area (Å²) in [4.78, 5) is 24.2. The quantitative estimate of drug-likeness (QED) is 0.657. The second-order valence-corrected chi connectivity index (χ2v) is 5.42. The Kier molecular flexibility index (Phi) is 4.13. The highest BCUT2D eigenvalue weighted by molar-refractivity contribution is 7.17. The lowest BCUT2D eigenvalue weighted by Gasteiger charge is -2.35. The molecule has 1 aliphatic heterocycles. The lowest BCUT2D eigenvalue weighted by atomic mass is 10.2. The SMILES string of the molecule is CC1CN(C(=O)c2ccc([N+](=O)[O-])s2)CC(CO)O1.